The number of pyridine rings is 1. The quantitative estimate of drug-likeness (QED) is 0.900. The van der Waals surface area contributed by atoms with Crippen LogP contribution in [0.5, 0.6) is 0 Å². The van der Waals surface area contributed by atoms with Gasteiger partial charge >= 0.3 is 0 Å². The summed E-state index contributed by atoms with van der Waals surface area (Å²) in [4.78, 5) is 8.85. The molecule has 1 aliphatic heterocycles. The highest BCUT2D eigenvalue weighted by Gasteiger charge is 2.23. The van der Waals surface area contributed by atoms with Crippen molar-refractivity contribution >= 4 is 17.4 Å². The molecule has 6 heteroatoms. The van der Waals surface area contributed by atoms with Crippen LogP contribution in [0.2, 0.25) is 5.02 Å². The molecule has 0 bridgehead atoms. The van der Waals surface area contributed by atoms with Gasteiger partial charge in [0, 0.05) is 32.3 Å². The van der Waals surface area contributed by atoms with Crippen molar-refractivity contribution in [3.05, 3.63) is 22.8 Å². The van der Waals surface area contributed by atoms with Crippen molar-refractivity contribution in [3.63, 3.8) is 0 Å². The number of nitriles is 1. The average Bonchev–Trinajstić information content (AvgIpc) is 2.53. The van der Waals surface area contributed by atoms with Crippen LogP contribution in [0.1, 0.15) is 25.0 Å². The number of piperidine rings is 1. The fourth-order valence-electron chi connectivity index (χ4n) is 2.72. The first-order valence-electron chi connectivity index (χ1n) is 7.28. The number of nitrogens with zero attached hydrogens (tertiary/aromatic N) is 4. The second kappa shape index (κ2) is 7.60. The number of aromatic nitrogens is 1. The highest BCUT2D eigenvalue weighted by Crippen LogP contribution is 2.23. The molecule has 1 fully saturated rings. The highest BCUT2D eigenvalue weighted by atomic mass is 35.5. The van der Waals surface area contributed by atoms with Crippen molar-refractivity contribution in [2.24, 2.45) is 0 Å². The van der Waals surface area contributed by atoms with Crippen LogP contribution < -0.4 is 4.90 Å². The smallest absolute Gasteiger partial charge is 0.161 e. The molecule has 2 heterocycles. The lowest BCUT2D eigenvalue weighted by Gasteiger charge is -2.37. The first kappa shape index (κ1) is 16.0. The Morgan fingerprint density at radius 3 is 2.81 bits per heavy atom. The van der Waals surface area contributed by atoms with Crippen LogP contribution in [-0.2, 0) is 0 Å². The minimum atomic E-state index is 0.245. The summed E-state index contributed by atoms with van der Waals surface area (Å²) in [5, 5.41) is 18.3. The molecule has 1 saturated heterocycles. The fourth-order valence-corrected chi connectivity index (χ4v) is 2.87. The topological polar surface area (TPSA) is 63.4 Å². The number of rotatable bonds is 5. The molecule has 1 aromatic heterocycles. The van der Waals surface area contributed by atoms with E-state index in [9.17, 15) is 0 Å². The zero-order chi connectivity index (χ0) is 15.2. The van der Waals surface area contributed by atoms with E-state index in [1.807, 2.05) is 12.1 Å². The summed E-state index contributed by atoms with van der Waals surface area (Å²) >= 11 is 5.92. The highest BCUT2D eigenvalue weighted by molar-refractivity contribution is 6.31. The zero-order valence-corrected chi connectivity index (χ0v) is 13.1. The molecular formula is C15H21ClN4O. The summed E-state index contributed by atoms with van der Waals surface area (Å²) in [5.74, 6) is 0.826. The molecule has 114 valence electrons. The normalized spacial score (nSPS) is 16.2. The van der Waals surface area contributed by atoms with Gasteiger partial charge in [0.2, 0.25) is 0 Å². The number of hydrogen-bond donors (Lipinski definition) is 1. The summed E-state index contributed by atoms with van der Waals surface area (Å²) < 4.78 is 0. The van der Waals surface area contributed by atoms with Crippen LogP contribution in [0.15, 0.2) is 12.1 Å². The molecule has 0 atom stereocenters. The van der Waals surface area contributed by atoms with E-state index in [0.717, 1.165) is 44.7 Å². The first-order valence-corrected chi connectivity index (χ1v) is 7.66. The Hall–Kier alpha value is -1.35. The van der Waals surface area contributed by atoms with Crippen molar-refractivity contribution in [2.45, 2.75) is 25.3 Å². The molecule has 5 nitrogen and oxygen atoms in total. The Morgan fingerprint density at radius 2 is 2.19 bits per heavy atom. The first-order chi connectivity index (χ1) is 10.2. The molecule has 1 aromatic rings. The maximum absolute atomic E-state index is 9.00. The Bertz CT molecular complexity index is 509. The summed E-state index contributed by atoms with van der Waals surface area (Å²) in [7, 11) is 2.12. The summed E-state index contributed by atoms with van der Waals surface area (Å²) in [6, 6.07) is 6.19. The Morgan fingerprint density at radius 1 is 1.48 bits per heavy atom. The Balaban J connectivity index is 1.93. The molecule has 0 aliphatic carbocycles. The van der Waals surface area contributed by atoms with Gasteiger partial charge in [0.25, 0.3) is 0 Å². The van der Waals surface area contributed by atoms with Gasteiger partial charge < -0.3 is 14.9 Å². The van der Waals surface area contributed by atoms with E-state index in [1.54, 1.807) is 6.07 Å². The minimum Gasteiger partial charge on any atom is -0.396 e. The zero-order valence-electron chi connectivity index (χ0n) is 12.3. The number of anilines is 1. The van der Waals surface area contributed by atoms with Gasteiger partial charge in [0.15, 0.2) is 5.69 Å². The van der Waals surface area contributed by atoms with Crippen LogP contribution in [0.3, 0.4) is 0 Å². The van der Waals surface area contributed by atoms with E-state index in [0.29, 0.717) is 11.1 Å². The van der Waals surface area contributed by atoms with Gasteiger partial charge in [-0.15, -0.1) is 0 Å². The third kappa shape index (κ3) is 4.07. The lowest BCUT2D eigenvalue weighted by atomic mass is 10.0. The maximum atomic E-state index is 9.00. The van der Waals surface area contributed by atoms with Gasteiger partial charge in [-0.3, -0.25) is 0 Å². The molecule has 21 heavy (non-hydrogen) atoms. The average molecular weight is 309 g/mol. The summed E-state index contributed by atoms with van der Waals surface area (Å²) in [5.41, 5.74) is 0.288. The third-order valence-electron chi connectivity index (χ3n) is 4.02. The van der Waals surface area contributed by atoms with Crippen molar-refractivity contribution in [2.75, 3.05) is 38.2 Å². The predicted molar refractivity (Wildman–Crippen MR) is 83.5 cm³/mol. The van der Waals surface area contributed by atoms with E-state index in [4.69, 9.17) is 22.0 Å². The van der Waals surface area contributed by atoms with Crippen LogP contribution in [0.4, 0.5) is 5.82 Å². The monoisotopic (exact) mass is 308 g/mol. The lowest BCUT2D eigenvalue weighted by molar-refractivity contribution is 0.184. The Labute approximate surface area is 130 Å². The van der Waals surface area contributed by atoms with Gasteiger partial charge in [-0.05, 0) is 38.4 Å². The van der Waals surface area contributed by atoms with Crippen LogP contribution in [0, 0.1) is 11.3 Å². The molecule has 2 rings (SSSR count). The molecule has 0 unspecified atom stereocenters. The Kier molecular flexibility index (Phi) is 5.80. The van der Waals surface area contributed by atoms with E-state index in [2.05, 4.69) is 21.8 Å². The van der Waals surface area contributed by atoms with E-state index in [1.165, 1.54) is 0 Å². The van der Waals surface area contributed by atoms with Gasteiger partial charge in [-0.25, -0.2) is 4.98 Å². The van der Waals surface area contributed by atoms with Gasteiger partial charge in [0.1, 0.15) is 11.9 Å². The van der Waals surface area contributed by atoms with E-state index >= 15 is 0 Å². The molecule has 1 aliphatic rings. The number of hydrogen-bond acceptors (Lipinski definition) is 5. The van der Waals surface area contributed by atoms with Gasteiger partial charge in [-0.2, -0.15) is 5.26 Å². The third-order valence-corrected chi connectivity index (χ3v) is 4.32. The van der Waals surface area contributed by atoms with Crippen LogP contribution >= 0.6 is 11.6 Å². The number of halogens is 1. The standard InChI is InChI=1S/C15H21ClN4O/c1-19(7-2-10-21)12-5-8-20(9-6-12)15-4-3-13(16)14(11-17)18-15/h3-4,12,21H,2,5-10H2,1H3. The summed E-state index contributed by atoms with van der Waals surface area (Å²) in [6.45, 7) is 3.02. The molecule has 0 radical (unpaired) electrons. The van der Waals surface area contributed by atoms with Crippen molar-refractivity contribution < 1.29 is 5.11 Å². The van der Waals surface area contributed by atoms with Gasteiger partial charge in [0.05, 0.1) is 5.02 Å². The van der Waals surface area contributed by atoms with Crippen LogP contribution in [-0.4, -0.2) is 54.3 Å². The summed E-state index contributed by atoms with van der Waals surface area (Å²) in [6.07, 6.45) is 2.95. The maximum Gasteiger partial charge on any atom is 0.161 e. The molecule has 0 aromatic carbocycles. The van der Waals surface area contributed by atoms with Crippen molar-refractivity contribution in [1.29, 1.82) is 5.26 Å². The lowest BCUT2D eigenvalue weighted by Crippen LogP contribution is -2.44. The molecule has 0 amide bonds. The number of aliphatic hydroxyl groups is 1. The second-order valence-electron chi connectivity index (χ2n) is 5.39. The van der Waals surface area contributed by atoms with Crippen LogP contribution in [0.25, 0.3) is 0 Å². The molecule has 0 spiro atoms. The second-order valence-corrected chi connectivity index (χ2v) is 5.79. The predicted octanol–water partition coefficient (Wildman–Crippen LogP) is 1.89. The molecular weight excluding hydrogens is 288 g/mol. The largest absolute Gasteiger partial charge is 0.396 e. The van der Waals surface area contributed by atoms with Gasteiger partial charge in [-0.1, -0.05) is 11.6 Å². The fraction of sp³-hybridized carbons (Fsp3) is 0.600. The van der Waals surface area contributed by atoms with E-state index < -0.39 is 0 Å². The minimum absolute atomic E-state index is 0.245. The SMILES string of the molecule is CN(CCCO)C1CCN(c2ccc(Cl)c(C#N)n2)CC1. The number of aliphatic hydroxyl groups excluding tert-OH is 1. The molecule has 0 saturated carbocycles. The van der Waals surface area contributed by atoms with Crippen molar-refractivity contribution in [1.82, 2.24) is 9.88 Å². The van der Waals surface area contributed by atoms with E-state index in [-0.39, 0.29) is 12.3 Å². The van der Waals surface area contributed by atoms with Crippen molar-refractivity contribution in [3.8, 4) is 6.07 Å². The molecule has 1 N–H and O–H groups in total.